The molecule has 3 N–H and O–H groups in total. The van der Waals surface area contributed by atoms with Crippen LogP contribution in [-0.2, 0) is 11.3 Å². The Bertz CT molecular complexity index is 656. The Balaban J connectivity index is 1.81. The van der Waals surface area contributed by atoms with Gasteiger partial charge in [0.05, 0.1) is 6.10 Å². The first-order valence-electron chi connectivity index (χ1n) is 7.97. The van der Waals surface area contributed by atoms with E-state index in [2.05, 4.69) is 10.6 Å². The molecule has 128 valence electrons. The number of rotatable bonds is 7. The molecule has 2 rings (SSSR count). The second-order valence-corrected chi connectivity index (χ2v) is 5.96. The zero-order chi connectivity index (χ0) is 17.5. The minimum absolute atomic E-state index is 0.0933. The van der Waals surface area contributed by atoms with Crippen molar-refractivity contribution in [1.82, 2.24) is 5.32 Å². The van der Waals surface area contributed by atoms with Crippen molar-refractivity contribution in [2.75, 3.05) is 5.32 Å². The highest BCUT2D eigenvalue weighted by atomic mass is 19.1. The largest absolute Gasteiger partial charge is 0.388 e. The van der Waals surface area contributed by atoms with Crippen LogP contribution in [0.4, 0.5) is 10.1 Å². The molecule has 0 spiro atoms. The molecule has 0 fully saturated rings. The van der Waals surface area contributed by atoms with Crippen LogP contribution < -0.4 is 10.6 Å². The smallest absolute Gasteiger partial charge is 0.221 e. The molecule has 1 amide bonds. The second-order valence-electron chi connectivity index (χ2n) is 5.96. The van der Waals surface area contributed by atoms with Crippen LogP contribution in [0.15, 0.2) is 48.5 Å². The molecule has 5 heteroatoms. The molecule has 2 atom stereocenters. The maximum Gasteiger partial charge on any atom is 0.221 e. The van der Waals surface area contributed by atoms with Crippen LogP contribution in [0.2, 0.25) is 0 Å². The van der Waals surface area contributed by atoms with E-state index in [-0.39, 0.29) is 17.8 Å². The number of benzene rings is 2. The van der Waals surface area contributed by atoms with Gasteiger partial charge in [-0.2, -0.15) is 0 Å². The van der Waals surface area contributed by atoms with Gasteiger partial charge in [0.2, 0.25) is 5.91 Å². The average Bonchev–Trinajstić information content (AvgIpc) is 2.54. The maximum atomic E-state index is 12.9. The molecule has 0 aromatic heterocycles. The van der Waals surface area contributed by atoms with E-state index in [1.807, 2.05) is 31.2 Å². The van der Waals surface area contributed by atoms with Gasteiger partial charge in [0, 0.05) is 25.2 Å². The number of carbonyl (C=O) groups excluding carboxylic acids is 1. The van der Waals surface area contributed by atoms with Gasteiger partial charge in [-0.05, 0) is 48.7 Å². The first-order chi connectivity index (χ1) is 11.4. The van der Waals surface area contributed by atoms with Crippen molar-refractivity contribution in [1.29, 1.82) is 0 Å². The van der Waals surface area contributed by atoms with E-state index < -0.39 is 6.10 Å². The van der Waals surface area contributed by atoms with E-state index in [0.29, 0.717) is 18.5 Å². The summed E-state index contributed by atoms with van der Waals surface area (Å²) in [6.07, 6.45) is -0.0921. The summed E-state index contributed by atoms with van der Waals surface area (Å²) >= 11 is 0. The number of hydrogen-bond acceptors (Lipinski definition) is 3. The van der Waals surface area contributed by atoms with E-state index in [0.717, 1.165) is 11.3 Å². The molecule has 0 heterocycles. The molecule has 2 aromatic rings. The zero-order valence-corrected chi connectivity index (χ0v) is 13.9. The third kappa shape index (κ3) is 5.76. The lowest BCUT2D eigenvalue weighted by molar-refractivity contribution is -0.114. The average molecular weight is 330 g/mol. The lowest BCUT2D eigenvalue weighted by atomic mass is 10.0. The van der Waals surface area contributed by atoms with Gasteiger partial charge in [0.25, 0.3) is 0 Å². The Morgan fingerprint density at radius 2 is 1.75 bits per heavy atom. The predicted molar refractivity (Wildman–Crippen MR) is 93.0 cm³/mol. The number of hydrogen-bond donors (Lipinski definition) is 3. The summed E-state index contributed by atoms with van der Waals surface area (Å²) in [5.74, 6) is -0.399. The van der Waals surface area contributed by atoms with E-state index in [9.17, 15) is 14.3 Å². The highest BCUT2D eigenvalue weighted by Gasteiger charge is 2.12. The summed E-state index contributed by atoms with van der Waals surface area (Å²) in [4.78, 5) is 11.0. The normalized spacial score (nSPS) is 13.3. The summed E-state index contributed by atoms with van der Waals surface area (Å²) in [6, 6.07) is 13.6. The van der Waals surface area contributed by atoms with Crippen molar-refractivity contribution in [2.45, 2.75) is 39.0 Å². The summed E-state index contributed by atoms with van der Waals surface area (Å²) in [6.45, 7) is 4.14. The topological polar surface area (TPSA) is 61.4 Å². The molecule has 0 aliphatic carbocycles. The number of carbonyl (C=O) groups is 1. The van der Waals surface area contributed by atoms with Crippen LogP contribution in [0.5, 0.6) is 0 Å². The Kier molecular flexibility index (Phi) is 6.46. The monoisotopic (exact) mass is 330 g/mol. The van der Waals surface area contributed by atoms with Gasteiger partial charge in [-0.25, -0.2) is 4.39 Å². The minimum Gasteiger partial charge on any atom is -0.388 e. The first-order valence-corrected chi connectivity index (χ1v) is 7.97. The molecule has 0 bridgehead atoms. The highest BCUT2D eigenvalue weighted by molar-refractivity contribution is 5.88. The van der Waals surface area contributed by atoms with Crippen molar-refractivity contribution in [3.63, 3.8) is 0 Å². The van der Waals surface area contributed by atoms with Crippen LogP contribution in [-0.4, -0.2) is 17.1 Å². The SMILES string of the molecule is CC(=O)Nc1ccc(CNC(C)CC(O)c2ccc(F)cc2)cc1. The van der Waals surface area contributed by atoms with E-state index in [1.54, 1.807) is 12.1 Å². The van der Waals surface area contributed by atoms with Gasteiger partial charge in [0.1, 0.15) is 5.82 Å². The maximum absolute atomic E-state index is 12.9. The Morgan fingerprint density at radius 3 is 2.33 bits per heavy atom. The standard InChI is InChI=1S/C19H23FN2O2/c1-13(11-19(24)16-5-7-17(20)8-6-16)21-12-15-3-9-18(10-4-15)22-14(2)23/h3-10,13,19,21,24H,11-12H2,1-2H3,(H,22,23). The molecule has 4 nitrogen and oxygen atoms in total. The number of aliphatic hydroxyl groups is 1. The summed E-state index contributed by atoms with van der Waals surface area (Å²) < 4.78 is 12.9. The van der Waals surface area contributed by atoms with Crippen LogP contribution >= 0.6 is 0 Å². The van der Waals surface area contributed by atoms with E-state index in [4.69, 9.17) is 0 Å². The summed E-state index contributed by atoms with van der Waals surface area (Å²) in [5, 5.41) is 16.3. The fraction of sp³-hybridized carbons (Fsp3) is 0.316. The molecule has 0 aliphatic heterocycles. The van der Waals surface area contributed by atoms with Crippen molar-refractivity contribution in [2.24, 2.45) is 0 Å². The first kappa shape index (κ1) is 18.1. The lowest BCUT2D eigenvalue weighted by Crippen LogP contribution is -2.27. The molecule has 2 unspecified atom stereocenters. The second kappa shape index (κ2) is 8.57. The van der Waals surface area contributed by atoms with Gasteiger partial charge in [-0.15, -0.1) is 0 Å². The molecular weight excluding hydrogens is 307 g/mol. The molecule has 0 saturated carbocycles. The van der Waals surface area contributed by atoms with Gasteiger partial charge in [0.15, 0.2) is 0 Å². The fourth-order valence-electron chi connectivity index (χ4n) is 2.44. The highest BCUT2D eigenvalue weighted by Crippen LogP contribution is 2.19. The molecule has 0 aliphatic rings. The molecule has 24 heavy (non-hydrogen) atoms. The number of aliphatic hydroxyl groups excluding tert-OH is 1. The molecular formula is C19H23FN2O2. The third-order valence-corrected chi connectivity index (χ3v) is 3.76. The van der Waals surface area contributed by atoms with Gasteiger partial charge in [-0.3, -0.25) is 4.79 Å². The van der Waals surface area contributed by atoms with Crippen molar-refractivity contribution in [3.8, 4) is 0 Å². The van der Waals surface area contributed by atoms with Crippen molar-refractivity contribution >= 4 is 11.6 Å². The van der Waals surface area contributed by atoms with Crippen molar-refractivity contribution in [3.05, 3.63) is 65.5 Å². The molecule has 2 aromatic carbocycles. The third-order valence-electron chi connectivity index (χ3n) is 3.76. The Labute approximate surface area is 141 Å². The van der Waals surface area contributed by atoms with Gasteiger partial charge >= 0.3 is 0 Å². The van der Waals surface area contributed by atoms with Crippen LogP contribution in [0.25, 0.3) is 0 Å². The Morgan fingerprint density at radius 1 is 1.12 bits per heavy atom. The number of anilines is 1. The van der Waals surface area contributed by atoms with Crippen LogP contribution in [0.1, 0.15) is 37.5 Å². The predicted octanol–water partition coefficient (Wildman–Crippen LogP) is 3.39. The van der Waals surface area contributed by atoms with E-state index in [1.165, 1.54) is 19.1 Å². The van der Waals surface area contributed by atoms with Gasteiger partial charge in [-0.1, -0.05) is 24.3 Å². The number of halogens is 1. The quantitative estimate of drug-likeness (QED) is 0.729. The number of nitrogens with one attached hydrogen (secondary N) is 2. The molecule has 0 saturated heterocycles. The van der Waals surface area contributed by atoms with Crippen LogP contribution in [0.3, 0.4) is 0 Å². The Hall–Kier alpha value is -2.24. The number of amides is 1. The lowest BCUT2D eigenvalue weighted by Gasteiger charge is -2.18. The van der Waals surface area contributed by atoms with Crippen molar-refractivity contribution < 1.29 is 14.3 Å². The zero-order valence-electron chi connectivity index (χ0n) is 13.9. The van der Waals surface area contributed by atoms with Gasteiger partial charge < -0.3 is 15.7 Å². The summed E-state index contributed by atoms with van der Waals surface area (Å²) in [5.41, 5.74) is 2.57. The van der Waals surface area contributed by atoms with E-state index >= 15 is 0 Å². The summed E-state index contributed by atoms with van der Waals surface area (Å²) in [7, 11) is 0. The fourth-order valence-corrected chi connectivity index (χ4v) is 2.44. The van der Waals surface area contributed by atoms with Crippen LogP contribution in [0, 0.1) is 5.82 Å². The minimum atomic E-state index is -0.629. The molecule has 0 radical (unpaired) electrons.